The molecule has 2 heteroatoms. The van der Waals surface area contributed by atoms with Gasteiger partial charge in [0, 0.05) is 6.04 Å². The van der Waals surface area contributed by atoms with E-state index in [1.54, 1.807) is 0 Å². The third-order valence-corrected chi connectivity index (χ3v) is 2.68. The smallest absolute Gasteiger partial charge is 0.225 e. The van der Waals surface area contributed by atoms with Gasteiger partial charge in [-0.3, -0.25) is 4.79 Å². The van der Waals surface area contributed by atoms with Crippen molar-refractivity contribution in [2.24, 2.45) is 5.92 Å². The number of carbonyl (C=O) groups is 1. The Balaban J connectivity index is 2.03. The average molecular weight is 169 g/mol. The summed E-state index contributed by atoms with van der Waals surface area (Å²) >= 11 is 0. The van der Waals surface area contributed by atoms with E-state index in [-0.39, 0.29) is 5.91 Å². The lowest BCUT2D eigenvalue weighted by Gasteiger charge is -2.34. The highest BCUT2D eigenvalue weighted by Crippen LogP contribution is 2.21. The Morgan fingerprint density at radius 1 is 1.33 bits per heavy atom. The summed E-state index contributed by atoms with van der Waals surface area (Å²) in [5.41, 5.74) is 0. The number of hydrogen-bond acceptors (Lipinski definition) is 1. The van der Waals surface area contributed by atoms with Crippen LogP contribution in [0.1, 0.15) is 46.0 Å². The molecule has 0 spiro atoms. The third-order valence-electron chi connectivity index (χ3n) is 2.68. The minimum absolute atomic E-state index is 0.263. The minimum atomic E-state index is 0.263. The maximum absolute atomic E-state index is 11.0. The topological polar surface area (TPSA) is 29.1 Å². The Labute approximate surface area is 74.7 Å². The summed E-state index contributed by atoms with van der Waals surface area (Å²) < 4.78 is 0. The van der Waals surface area contributed by atoms with Gasteiger partial charge in [-0.05, 0) is 13.3 Å². The zero-order valence-corrected chi connectivity index (χ0v) is 8.10. The van der Waals surface area contributed by atoms with Crippen molar-refractivity contribution in [1.82, 2.24) is 5.32 Å². The Hall–Kier alpha value is -0.530. The number of β-lactam (4-membered cyclic amide) rings is 1. The van der Waals surface area contributed by atoms with Crippen LogP contribution in [0.25, 0.3) is 0 Å². The van der Waals surface area contributed by atoms with Gasteiger partial charge in [0.05, 0.1) is 5.92 Å². The van der Waals surface area contributed by atoms with Gasteiger partial charge < -0.3 is 5.32 Å². The predicted molar refractivity (Wildman–Crippen MR) is 49.9 cm³/mol. The molecular formula is C10H19NO. The maximum atomic E-state index is 11.0. The highest BCUT2D eigenvalue weighted by atomic mass is 16.2. The Bertz CT molecular complexity index is 156. The zero-order chi connectivity index (χ0) is 8.97. The van der Waals surface area contributed by atoms with Crippen molar-refractivity contribution in [3.8, 4) is 0 Å². The standard InChI is InChI=1S/C10H19NO/c1-3-4-5-6-7-9-8(2)11-10(9)12/h8-9H,3-7H2,1-2H3,(H,11,12)/t8-,9+/m1/s1. The van der Waals surface area contributed by atoms with Gasteiger partial charge >= 0.3 is 0 Å². The number of amides is 1. The number of rotatable bonds is 5. The summed E-state index contributed by atoms with van der Waals surface area (Å²) in [7, 11) is 0. The molecule has 0 saturated carbocycles. The number of carbonyl (C=O) groups excluding carboxylic acids is 1. The molecule has 2 atom stereocenters. The van der Waals surface area contributed by atoms with Crippen molar-refractivity contribution in [1.29, 1.82) is 0 Å². The van der Waals surface area contributed by atoms with Gasteiger partial charge in [-0.1, -0.05) is 32.6 Å². The first kappa shape index (κ1) is 9.56. The fourth-order valence-corrected chi connectivity index (χ4v) is 1.73. The SMILES string of the molecule is CCCCCC[C@@H]1C(=O)N[C@@H]1C. The molecule has 0 unspecified atom stereocenters. The molecule has 1 heterocycles. The highest BCUT2D eigenvalue weighted by molar-refractivity contribution is 5.85. The zero-order valence-electron chi connectivity index (χ0n) is 8.10. The summed E-state index contributed by atoms with van der Waals surface area (Å²) in [4.78, 5) is 11.0. The van der Waals surface area contributed by atoms with E-state index in [4.69, 9.17) is 0 Å². The van der Waals surface area contributed by atoms with Crippen LogP contribution in [0.3, 0.4) is 0 Å². The van der Waals surface area contributed by atoms with Crippen molar-refractivity contribution in [2.45, 2.75) is 52.0 Å². The summed E-state index contributed by atoms with van der Waals surface area (Å²) in [5, 5.41) is 2.86. The van der Waals surface area contributed by atoms with Crippen LogP contribution in [0.4, 0.5) is 0 Å². The van der Waals surface area contributed by atoms with Crippen LogP contribution in [-0.4, -0.2) is 11.9 Å². The van der Waals surface area contributed by atoms with E-state index in [1.165, 1.54) is 25.7 Å². The maximum Gasteiger partial charge on any atom is 0.225 e. The molecule has 12 heavy (non-hydrogen) atoms. The van der Waals surface area contributed by atoms with E-state index >= 15 is 0 Å². The van der Waals surface area contributed by atoms with Crippen LogP contribution in [-0.2, 0) is 4.79 Å². The second-order valence-electron chi connectivity index (χ2n) is 3.75. The van der Waals surface area contributed by atoms with Crippen LogP contribution in [0.15, 0.2) is 0 Å². The fraction of sp³-hybridized carbons (Fsp3) is 0.900. The molecular weight excluding hydrogens is 150 g/mol. The second-order valence-corrected chi connectivity index (χ2v) is 3.75. The molecule has 2 nitrogen and oxygen atoms in total. The van der Waals surface area contributed by atoms with E-state index in [1.807, 2.05) is 0 Å². The third kappa shape index (κ3) is 2.23. The van der Waals surface area contributed by atoms with Crippen LogP contribution in [0.2, 0.25) is 0 Å². The first-order valence-electron chi connectivity index (χ1n) is 5.06. The summed E-state index contributed by atoms with van der Waals surface area (Å²) in [5.74, 6) is 0.584. The van der Waals surface area contributed by atoms with Crippen LogP contribution < -0.4 is 5.32 Å². The molecule has 1 N–H and O–H groups in total. The largest absolute Gasteiger partial charge is 0.353 e. The lowest BCUT2D eigenvalue weighted by molar-refractivity contribution is -0.134. The number of unbranched alkanes of at least 4 members (excludes halogenated alkanes) is 3. The molecule has 0 aromatic rings. The van der Waals surface area contributed by atoms with Crippen molar-refractivity contribution in [3.05, 3.63) is 0 Å². The summed E-state index contributed by atoms with van der Waals surface area (Å²) in [6.07, 6.45) is 6.17. The first-order valence-corrected chi connectivity index (χ1v) is 5.06. The van der Waals surface area contributed by atoms with Gasteiger partial charge in [0.15, 0.2) is 0 Å². The van der Waals surface area contributed by atoms with Gasteiger partial charge in [0.2, 0.25) is 5.91 Å². The molecule has 0 aromatic heterocycles. The molecule has 1 saturated heterocycles. The summed E-state index contributed by atoms with van der Waals surface area (Å²) in [6, 6.07) is 0.430. The molecule has 1 aliphatic heterocycles. The van der Waals surface area contributed by atoms with E-state index in [2.05, 4.69) is 19.2 Å². The average Bonchev–Trinajstić information content (AvgIpc) is 2.04. The number of nitrogens with one attached hydrogen (secondary N) is 1. The normalized spacial score (nSPS) is 28.0. The molecule has 0 aliphatic carbocycles. The molecule has 0 radical (unpaired) electrons. The lowest BCUT2D eigenvalue weighted by atomic mass is 9.87. The van der Waals surface area contributed by atoms with E-state index in [9.17, 15) is 4.79 Å². The van der Waals surface area contributed by atoms with Gasteiger partial charge in [0.25, 0.3) is 0 Å². The molecule has 1 rings (SSSR count). The van der Waals surface area contributed by atoms with Crippen molar-refractivity contribution >= 4 is 5.91 Å². The second kappa shape index (κ2) is 4.48. The highest BCUT2D eigenvalue weighted by Gasteiger charge is 2.34. The van der Waals surface area contributed by atoms with Crippen molar-refractivity contribution < 1.29 is 4.79 Å². The van der Waals surface area contributed by atoms with Crippen molar-refractivity contribution in [2.75, 3.05) is 0 Å². The van der Waals surface area contributed by atoms with Gasteiger partial charge in [-0.15, -0.1) is 0 Å². The van der Waals surface area contributed by atoms with E-state index in [0.717, 1.165) is 6.42 Å². The molecule has 1 amide bonds. The Morgan fingerprint density at radius 2 is 2.08 bits per heavy atom. The van der Waals surface area contributed by atoms with Gasteiger partial charge in [-0.25, -0.2) is 0 Å². The van der Waals surface area contributed by atoms with E-state index < -0.39 is 0 Å². The monoisotopic (exact) mass is 169 g/mol. The van der Waals surface area contributed by atoms with Gasteiger partial charge in [0.1, 0.15) is 0 Å². The molecule has 1 aliphatic rings. The van der Waals surface area contributed by atoms with Crippen LogP contribution in [0.5, 0.6) is 0 Å². The van der Waals surface area contributed by atoms with Gasteiger partial charge in [-0.2, -0.15) is 0 Å². The quantitative estimate of drug-likeness (QED) is 0.495. The molecule has 70 valence electrons. The molecule has 0 bridgehead atoms. The van der Waals surface area contributed by atoms with Crippen LogP contribution >= 0.6 is 0 Å². The fourth-order valence-electron chi connectivity index (χ4n) is 1.73. The lowest BCUT2D eigenvalue weighted by Crippen LogP contribution is -2.56. The van der Waals surface area contributed by atoms with Crippen molar-refractivity contribution in [3.63, 3.8) is 0 Å². The summed E-state index contributed by atoms with van der Waals surface area (Å²) in [6.45, 7) is 4.30. The first-order chi connectivity index (χ1) is 5.75. The molecule has 1 fully saturated rings. The van der Waals surface area contributed by atoms with E-state index in [0.29, 0.717) is 12.0 Å². The van der Waals surface area contributed by atoms with Crippen LogP contribution in [0, 0.1) is 5.92 Å². The molecule has 0 aromatic carbocycles. The number of hydrogen-bond donors (Lipinski definition) is 1. The minimum Gasteiger partial charge on any atom is -0.353 e. The predicted octanol–water partition coefficient (Wildman–Crippen LogP) is 2.09. The Kier molecular flexibility index (Phi) is 3.57. The Morgan fingerprint density at radius 3 is 2.58 bits per heavy atom.